The molecule has 0 fully saturated rings. The average molecular weight is 727 g/mol. The summed E-state index contributed by atoms with van der Waals surface area (Å²) in [4.78, 5) is 13.5. The Labute approximate surface area is 307 Å². The monoisotopic (exact) mass is 726 g/mol. The van der Waals surface area contributed by atoms with E-state index in [0.717, 1.165) is 32.1 Å². The van der Waals surface area contributed by atoms with Gasteiger partial charge in [0.1, 0.15) is 12.2 Å². The minimum atomic E-state index is -2.27. The number of carbonyl (C=O) groups is 1. The molecule has 0 amide bonds. The first-order chi connectivity index (χ1) is 23.1. The van der Waals surface area contributed by atoms with Crippen LogP contribution in [0.2, 0.25) is 36.3 Å². The van der Waals surface area contributed by atoms with Gasteiger partial charge in [-0.25, -0.2) is 4.79 Å². The lowest BCUT2D eigenvalue weighted by Gasteiger charge is -2.40. The van der Waals surface area contributed by atoms with Gasteiger partial charge in [0, 0.05) is 12.5 Å². The van der Waals surface area contributed by atoms with Crippen molar-refractivity contribution in [3.63, 3.8) is 0 Å². The molecule has 2 bridgehead atoms. The minimum absolute atomic E-state index is 0.0278. The summed E-state index contributed by atoms with van der Waals surface area (Å²) in [6.45, 7) is 32.2. The first-order valence-electron chi connectivity index (χ1n) is 19.0. The van der Waals surface area contributed by atoms with Crippen LogP contribution >= 0.6 is 0 Å². The molecule has 0 aromatic carbocycles. The van der Waals surface area contributed by atoms with Gasteiger partial charge in [-0.15, -0.1) is 0 Å². The molecule has 0 aromatic rings. The van der Waals surface area contributed by atoms with Crippen molar-refractivity contribution in [2.75, 3.05) is 6.61 Å². The SMILES string of the molecule is C=C1CC(C)CC2CC=CC(C/C=C\C(=O)OC(C(C=CC3CC(C)=CCO3)O[Si](C)(C)C(C)(C)C)C/C=C\C(O[Si](C)(C)C(C)(C)C)C1)O2. The van der Waals surface area contributed by atoms with E-state index >= 15 is 0 Å². The quantitative estimate of drug-likeness (QED) is 0.148. The molecule has 3 aliphatic rings. The molecule has 7 unspecified atom stereocenters. The van der Waals surface area contributed by atoms with Crippen LogP contribution in [0.15, 0.2) is 72.4 Å². The molecule has 0 saturated heterocycles. The Kier molecular flexibility index (Phi) is 15.6. The molecule has 50 heavy (non-hydrogen) atoms. The van der Waals surface area contributed by atoms with Crippen LogP contribution in [-0.2, 0) is 27.9 Å². The Morgan fingerprint density at radius 2 is 1.60 bits per heavy atom. The highest BCUT2D eigenvalue weighted by molar-refractivity contribution is 6.74. The van der Waals surface area contributed by atoms with Crippen molar-refractivity contribution >= 4 is 22.6 Å². The van der Waals surface area contributed by atoms with Gasteiger partial charge in [0.2, 0.25) is 0 Å². The lowest BCUT2D eigenvalue weighted by atomic mass is 9.91. The second kappa shape index (κ2) is 18.3. The summed E-state index contributed by atoms with van der Waals surface area (Å²) >= 11 is 0. The molecular formula is C42H70O6Si2. The molecule has 8 heteroatoms. The molecule has 3 heterocycles. The van der Waals surface area contributed by atoms with Gasteiger partial charge in [-0.1, -0.05) is 115 Å². The fourth-order valence-corrected chi connectivity index (χ4v) is 8.64. The van der Waals surface area contributed by atoms with Crippen LogP contribution in [0.5, 0.6) is 0 Å². The van der Waals surface area contributed by atoms with E-state index < -0.39 is 28.8 Å². The average Bonchev–Trinajstić information content (AvgIpc) is 2.97. The standard InChI is InChI=1S/C42H70O6Si2/c1-31-25-26-44-35(28-31)23-24-39(48-50(12,13)42(7,8)9)38-21-15-20-37(47-49(10,11)41(4,5)6)30-33(3)27-32(2)29-36-19-14-17-34(45-36)18-16-22-40(43)46-38/h14-17,20,22-25,32,34-39H,3,18-19,21,26-30H2,1-2,4-13H3/b20-15-,22-16-,24-23?. The summed E-state index contributed by atoms with van der Waals surface area (Å²) in [5.74, 6) is 0.0697. The third kappa shape index (κ3) is 13.6. The molecule has 3 aliphatic heterocycles. The molecule has 0 saturated carbocycles. The molecule has 0 radical (unpaired) electrons. The lowest BCUT2D eigenvalue weighted by molar-refractivity contribution is -0.146. The van der Waals surface area contributed by atoms with E-state index in [2.05, 4.69) is 131 Å². The molecule has 282 valence electrons. The van der Waals surface area contributed by atoms with E-state index in [4.69, 9.17) is 23.1 Å². The topological polar surface area (TPSA) is 63.2 Å². The van der Waals surface area contributed by atoms with Crippen LogP contribution in [0.3, 0.4) is 0 Å². The minimum Gasteiger partial charge on any atom is -0.456 e. The molecule has 0 aromatic heterocycles. The first kappa shape index (κ1) is 42.6. The maximum absolute atomic E-state index is 13.5. The van der Waals surface area contributed by atoms with Gasteiger partial charge in [0.15, 0.2) is 16.6 Å². The van der Waals surface area contributed by atoms with Gasteiger partial charge in [0.05, 0.1) is 31.0 Å². The second-order valence-corrected chi connectivity index (χ2v) is 27.5. The van der Waals surface area contributed by atoms with Crippen molar-refractivity contribution in [2.45, 2.75) is 173 Å². The molecule has 6 nitrogen and oxygen atoms in total. The van der Waals surface area contributed by atoms with Crippen molar-refractivity contribution in [2.24, 2.45) is 5.92 Å². The van der Waals surface area contributed by atoms with Gasteiger partial charge in [-0.05, 0) is 87.6 Å². The van der Waals surface area contributed by atoms with Crippen molar-refractivity contribution in [1.29, 1.82) is 0 Å². The van der Waals surface area contributed by atoms with E-state index in [-0.39, 0.29) is 40.5 Å². The van der Waals surface area contributed by atoms with Crippen molar-refractivity contribution in [1.82, 2.24) is 0 Å². The van der Waals surface area contributed by atoms with Crippen LogP contribution in [0, 0.1) is 5.92 Å². The number of hydrogen-bond donors (Lipinski definition) is 0. The zero-order valence-electron chi connectivity index (χ0n) is 33.6. The predicted octanol–water partition coefficient (Wildman–Crippen LogP) is 11.0. The molecule has 0 aliphatic carbocycles. The van der Waals surface area contributed by atoms with E-state index in [9.17, 15) is 4.79 Å². The summed E-state index contributed by atoms with van der Waals surface area (Å²) in [5.41, 5.74) is 2.51. The Morgan fingerprint density at radius 1 is 0.920 bits per heavy atom. The second-order valence-electron chi connectivity index (χ2n) is 18.0. The zero-order valence-corrected chi connectivity index (χ0v) is 35.6. The van der Waals surface area contributed by atoms with E-state index in [1.165, 1.54) is 11.1 Å². The zero-order chi connectivity index (χ0) is 37.3. The fourth-order valence-electron chi connectivity index (χ4n) is 6.10. The summed E-state index contributed by atoms with van der Waals surface area (Å²) in [5, 5.41) is 0.0376. The van der Waals surface area contributed by atoms with Crippen LogP contribution in [0.25, 0.3) is 0 Å². The number of esters is 1. The lowest BCUT2D eigenvalue weighted by Crippen LogP contribution is -2.47. The van der Waals surface area contributed by atoms with Gasteiger partial charge in [-0.3, -0.25) is 0 Å². The summed E-state index contributed by atoms with van der Waals surface area (Å²) in [7, 11) is -4.36. The van der Waals surface area contributed by atoms with Crippen LogP contribution in [0.4, 0.5) is 0 Å². The number of rotatable bonds is 7. The Morgan fingerprint density at radius 3 is 2.26 bits per heavy atom. The number of carbonyl (C=O) groups excluding carboxylic acids is 1. The van der Waals surface area contributed by atoms with Crippen molar-refractivity contribution < 1.29 is 27.9 Å². The van der Waals surface area contributed by atoms with Crippen molar-refractivity contribution in [3.8, 4) is 0 Å². The predicted molar refractivity (Wildman–Crippen MR) is 213 cm³/mol. The smallest absolute Gasteiger partial charge is 0.330 e. The number of ether oxygens (including phenoxy) is 3. The van der Waals surface area contributed by atoms with Gasteiger partial charge >= 0.3 is 5.97 Å². The highest BCUT2D eigenvalue weighted by Crippen LogP contribution is 2.40. The first-order valence-corrected chi connectivity index (χ1v) is 24.8. The summed E-state index contributed by atoms with van der Waals surface area (Å²) in [6, 6.07) is 0. The maximum atomic E-state index is 13.5. The number of hydrogen-bond acceptors (Lipinski definition) is 6. The van der Waals surface area contributed by atoms with E-state index in [1.54, 1.807) is 6.08 Å². The third-order valence-electron chi connectivity index (χ3n) is 11.2. The van der Waals surface area contributed by atoms with E-state index in [0.29, 0.717) is 25.4 Å². The Bertz CT molecular complexity index is 1280. The van der Waals surface area contributed by atoms with Gasteiger partial charge in [-0.2, -0.15) is 0 Å². The summed E-state index contributed by atoms with van der Waals surface area (Å²) < 4.78 is 32.9. The van der Waals surface area contributed by atoms with E-state index in [1.807, 2.05) is 6.08 Å². The summed E-state index contributed by atoms with van der Waals surface area (Å²) in [6.07, 6.45) is 22.9. The molecule has 7 atom stereocenters. The van der Waals surface area contributed by atoms with Crippen LogP contribution < -0.4 is 0 Å². The highest BCUT2D eigenvalue weighted by atomic mass is 28.4. The number of fused-ring (bicyclic) bond motifs is 2. The largest absolute Gasteiger partial charge is 0.456 e. The third-order valence-corrected chi connectivity index (χ3v) is 20.1. The van der Waals surface area contributed by atoms with Gasteiger partial charge < -0.3 is 23.1 Å². The molecule has 3 rings (SSSR count). The number of cyclic esters (lactones) is 1. The molecule has 0 N–H and O–H groups in total. The Balaban J connectivity index is 2.02. The van der Waals surface area contributed by atoms with Crippen LogP contribution in [-0.4, -0.2) is 65.8 Å². The van der Waals surface area contributed by atoms with Gasteiger partial charge in [0.25, 0.3) is 0 Å². The van der Waals surface area contributed by atoms with Crippen LogP contribution in [0.1, 0.15) is 100 Å². The van der Waals surface area contributed by atoms with Crippen molar-refractivity contribution in [3.05, 3.63) is 72.4 Å². The normalized spacial score (nSPS) is 30.6. The fraction of sp³-hybridized carbons (Fsp3) is 0.690. The molecular weight excluding hydrogens is 657 g/mol. The highest BCUT2D eigenvalue weighted by Gasteiger charge is 2.41. The maximum Gasteiger partial charge on any atom is 0.330 e. The molecule has 0 spiro atoms. The Hall–Kier alpha value is -1.82.